The number of hydrogen-bond acceptors (Lipinski definition) is 2. The maximum atomic E-state index is 5.94. The van der Waals surface area contributed by atoms with Gasteiger partial charge in [-0.15, -0.1) is 0 Å². The number of furan rings is 1. The molecule has 0 bridgehead atoms. The molecule has 0 aliphatic heterocycles. The van der Waals surface area contributed by atoms with Crippen LogP contribution in [0.4, 0.5) is 0 Å². The number of para-hydroxylation sites is 1. The first-order chi connectivity index (χ1) is 10.3. The summed E-state index contributed by atoms with van der Waals surface area (Å²) in [5.74, 6) is 1.67. The van der Waals surface area contributed by atoms with E-state index in [4.69, 9.17) is 4.42 Å². The van der Waals surface area contributed by atoms with Crippen LogP contribution in [-0.4, -0.2) is 6.04 Å². The minimum atomic E-state index is 0.246. The SMILES string of the molecule is CC(NC1CC1c1ccccc1)c1cc2ccccc2o1. The number of fused-ring (bicyclic) bond motifs is 1. The van der Waals surface area contributed by atoms with E-state index in [0.717, 1.165) is 11.3 Å². The van der Waals surface area contributed by atoms with Gasteiger partial charge in [-0.3, -0.25) is 0 Å². The summed E-state index contributed by atoms with van der Waals surface area (Å²) in [4.78, 5) is 0. The Balaban J connectivity index is 1.46. The third-order valence-electron chi connectivity index (χ3n) is 4.35. The monoisotopic (exact) mass is 277 g/mol. The van der Waals surface area contributed by atoms with Gasteiger partial charge in [-0.2, -0.15) is 0 Å². The molecule has 2 heteroatoms. The highest BCUT2D eigenvalue weighted by Crippen LogP contribution is 2.42. The van der Waals surface area contributed by atoms with Crippen molar-refractivity contribution in [2.45, 2.75) is 31.3 Å². The van der Waals surface area contributed by atoms with Crippen LogP contribution in [0, 0.1) is 0 Å². The van der Waals surface area contributed by atoms with Crippen LogP contribution in [0.5, 0.6) is 0 Å². The summed E-state index contributed by atoms with van der Waals surface area (Å²) in [5, 5.41) is 4.86. The molecule has 1 heterocycles. The van der Waals surface area contributed by atoms with Crippen LogP contribution in [-0.2, 0) is 0 Å². The lowest BCUT2D eigenvalue weighted by Gasteiger charge is -2.11. The maximum absolute atomic E-state index is 5.94. The van der Waals surface area contributed by atoms with Crippen molar-refractivity contribution in [2.75, 3.05) is 0 Å². The van der Waals surface area contributed by atoms with E-state index in [2.05, 4.69) is 54.7 Å². The normalized spacial score (nSPS) is 22.3. The van der Waals surface area contributed by atoms with E-state index in [9.17, 15) is 0 Å². The van der Waals surface area contributed by atoms with Gasteiger partial charge in [-0.05, 0) is 31.0 Å². The maximum Gasteiger partial charge on any atom is 0.134 e. The molecule has 1 fully saturated rings. The fraction of sp³-hybridized carbons (Fsp3) is 0.263. The summed E-state index contributed by atoms with van der Waals surface area (Å²) in [7, 11) is 0. The largest absolute Gasteiger partial charge is 0.459 e. The van der Waals surface area contributed by atoms with E-state index in [1.807, 2.05) is 18.2 Å². The van der Waals surface area contributed by atoms with Crippen LogP contribution in [0.15, 0.2) is 65.1 Å². The zero-order chi connectivity index (χ0) is 14.2. The highest BCUT2D eigenvalue weighted by atomic mass is 16.3. The Morgan fingerprint density at radius 2 is 1.81 bits per heavy atom. The van der Waals surface area contributed by atoms with Gasteiger partial charge in [0.25, 0.3) is 0 Å². The first-order valence-electron chi connectivity index (χ1n) is 7.61. The molecular weight excluding hydrogens is 258 g/mol. The second kappa shape index (κ2) is 5.05. The van der Waals surface area contributed by atoms with Crippen LogP contribution in [0.25, 0.3) is 11.0 Å². The zero-order valence-electron chi connectivity index (χ0n) is 12.1. The Morgan fingerprint density at radius 3 is 2.62 bits per heavy atom. The van der Waals surface area contributed by atoms with Crippen LogP contribution >= 0.6 is 0 Å². The van der Waals surface area contributed by atoms with Crippen molar-refractivity contribution >= 4 is 11.0 Å². The summed E-state index contributed by atoms with van der Waals surface area (Å²) in [6, 6.07) is 21.9. The predicted molar refractivity (Wildman–Crippen MR) is 85.4 cm³/mol. The molecule has 4 rings (SSSR count). The van der Waals surface area contributed by atoms with Gasteiger partial charge in [-0.1, -0.05) is 48.5 Å². The molecule has 0 amide bonds. The lowest BCUT2D eigenvalue weighted by atomic mass is 10.1. The zero-order valence-corrected chi connectivity index (χ0v) is 12.1. The predicted octanol–water partition coefficient (Wildman–Crippen LogP) is 4.64. The Kier molecular flexibility index (Phi) is 3.04. The molecule has 0 radical (unpaired) electrons. The summed E-state index contributed by atoms with van der Waals surface area (Å²) in [6.07, 6.45) is 1.22. The molecule has 1 saturated carbocycles. The summed E-state index contributed by atoms with van der Waals surface area (Å²) >= 11 is 0. The third-order valence-corrected chi connectivity index (χ3v) is 4.35. The molecule has 3 atom stereocenters. The second-order valence-corrected chi connectivity index (χ2v) is 5.93. The molecule has 0 saturated heterocycles. The highest BCUT2D eigenvalue weighted by Gasteiger charge is 2.39. The Morgan fingerprint density at radius 1 is 1.05 bits per heavy atom. The van der Waals surface area contributed by atoms with Crippen LogP contribution in [0.1, 0.15) is 36.6 Å². The highest BCUT2D eigenvalue weighted by molar-refractivity contribution is 5.77. The molecule has 3 unspecified atom stereocenters. The van der Waals surface area contributed by atoms with Gasteiger partial charge in [0.2, 0.25) is 0 Å². The van der Waals surface area contributed by atoms with E-state index >= 15 is 0 Å². The van der Waals surface area contributed by atoms with Crippen molar-refractivity contribution in [1.29, 1.82) is 0 Å². The molecule has 21 heavy (non-hydrogen) atoms. The minimum absolute atomic E-state index is 0.246. The molecule has 0 spiro atoms. The molecule has 3 aromatic rings. The number of rotatable bonds is 4. The smallest absolute Gasteiger partial charge is 0.134 e. The molecular formula is C19H19NO. The van der Waals surface area contributed by atoms with Crippen molar-refractivity contribution in [3.8, 4) is 0 Å². The number of hydrogen-bond donors (Lipinski definition) is 1. The van der Waals surface area contributed by atoms with Gasteiger partial charge in [-0.25, -0.2) is 0 Å². The van der Waals surface area contributed by atoms with Crippen LogP contribution in [0.2, 0.25) is 0 Å². The van der Waals surface area contributed by atoms with Gasteiger partial charge < -0.3 is 9.73 Å². The lowest BCUT2D eigenvalue weighted by molar-refractivity contribution is 0.447. The molecule has 106 valence electrons. The summed E-state index contributed by atoms with van der Waals surface area (Å²) in [5.41, 5.74) is 2.41. The van der Waals surface area contributed by atoms with Crippen molar-refractivity contribution in [1.82, 2.24) is 5.32 Å². The van der Waals surface area contributed by atoms with E-state index in [1.54, 1.807) is 0 Å². The van der Waals surface area contributed by atoms with E-state index in [1.165, 1.54) is 17.4 Å². The van der Waals surface area contributed by atoms with E-state index in [-0.39, 0.29) is 6.04 Å². The van der Waals surface area contributed by atoms with Crippen molar-refractivity contribution in [3.63, 3.8) is 0 Å². The molecule has 2 aromatic carbocycles. The van der Waals surface area contributed by atoms with Gasteiger partial charge in [0.1, 0.15) is 11.3 Å². The number of benzene rings is 2. The Bertz CT molecular complexity index is 713. The first kappa shape index (κ1) is 12.7. The number of nitrogens with one attached hydrogen (secondary N) is 1. The summed E-state index contributed by atoms with van der Waals surface area (Å²) in [6.45, 7) is 2.18. The lowest BCUT2D eigenvalue weighted by Crippen LogP contribution is -2.21. The second-order valence-electron chi connectivity index (χ2n) is 5.93. The quantitative estimate of drug-likeness (QED) is 0.751. The molecule has 1 N–H and O–H groups in total. The third kappa shape index (κ3) is 2.47. The van der Waals surface area contributed by atoms with Crippen molar-refractivity contribution in [3.05, 3.63) is 72.0 Å². The van der Waals surface area contributed by atoms with Gasteiger partial charge in [0.15, 0.2) is 0 Å². The van der Waals surface area contributed by atoms with Crippen LogP contribution < -0.4 is 5.32 Å². The fourth-order valence-electron chi connectivity index (χ4n) is 3.07. The van der Waals surface area contributed by atoms with Crippen molar-refractivity contribution < 1.29 is 4.42 Å². The summed E-state index contributed by atoms with van der Waals surface area (Å²) < 4.78 is 5.94. The molecule has 1 aromatic heterocycles. The average molecular weight is 277 g/mol. The van der Waals surface area contributed by atoms with Gasteiger partial charge in [0.05, 0.1) is 6.04 Å². The first-order valence-corrected chi connectivity index (χ1v) is 7.61. The van der Waals surface area contributed by atoms with Crippen LogP contribution in [0.3, 0.4) is 0 Å². The van der Waals surface area contributed by atoms with E-state index < -0.39 is 0 Å². The van der Waals surface area contributed by atoms with Gasteiger partial charge >= 0.3 is 0 Å². The van der Waals surface area contributed by atoms with E-state index in [0.29, 0.717) is 12.0 Å². The Hall–Kier alpha value is -2.06. The minimum Gasteiger partial charge on any atom is -0.459 e. The standard InChI is InChI=1S/C19H19NO/c1-13(19-11-15-9-5-6-10-18(15)21-19)20-17-12-16(17)14-7-3-2-4-8-14/h2-11,13,16-17,20H,12H2,1H3. The van der Waals surface area contributed by atoms with Crippen molar-refractivity contribution in [2.24, 2.45) is 0 Å². The fourth-order valence-corrected chi connectivity index (χ4v) is 3.07. The Labute approximate surface area is 124 Å². The topological polar surface area (TPSA) is 25.2 Å². The molecule has 2 nitrogen and oxygen atoms in total. The van der Waals surface area contributed by atoms with Gasteiger partial charge in [0, 0.05) is 17.3 Å². The average Bonchev–Trinajstić information content (AvgIpc) is 3.14. The molecule has 1 aliphatic rings. The molecule has 1 aliphatic carbocycles.